The SMILES string of the molecule is NC(=O)c1ccc(N(CCO)C2CCCC2)nc1. The van der Waals surface area contributed by atoms with Gasteiger partial charge in [0.05, 0.1) is 12.2 Å². The fourth-order valence-corrected chi connectivity index (χ4v) is 2.51. The van der Waals surface area contributed by atoms with Crippen molar-refractivity contribution in [1.82, 2.24) is 4.98 Å². The molecule has 0 saturated heterocycles. The lowest BCUT2D eigenvalue weighted by Crippen LogP contribution is -2.36. The van der Waals surface area contributed by atoms with Gasteiger partial charge in [0.1, 0.15) is 5.82 Å². The van der Waals surface area contributed by atoms with E-state index >= 15 is 0 Å². The van der Waals surface area contributed by atoms with E-state index < -0.39 is 5.91 Å². The van der Waals surface area contributed by atoms with Gasteiger partial charge < -0.3 is 15.7 Å². The molecule has 1 aromatic rings. The van der Waals surface area contributed by atoms with Crippen LogP contribution in [0.1, 0.15) is 36.0 Å². The molecule has 1 amide bonds. The Morgan fingerprint density at radius 2 is 2.17 bits per heavy atom. The Balaban J connectivity index is 2.16. The highest BCUT2D eigenvalue weighted by molar-refractivity contribution is 5.92. The Morgan fingerprint density at radius 3 is 2.67 bits per heavy atom. The summed E-state index contributed by atoms with van der Waals surface area (Å²) in [5, 5.41) is 9.16. The number of primary amides is 1. The van der Waals surface area contributed by atoms with Crippen LogP contribution in [-0.4, -0.2) is 35.2 Å². The number of anilines is 1. The van der Waals surface area contributed by atoms with Gasteiger partial charge in [0, 0.05) is 18.8 Å². The summed E-state index contributed by atoms with van der Waals surface area (Å²) in [6, 6.07) is 3.93. The Bertz CT molecular complexity index is 399. The molecule has 1 aromatic heterocycles. The van der Waals surface area contributed by atoms with Gasteiger partial charge in [-0.25, -0.2) is 4.98 Å². The number of aliphatic hydroxyl groups is 1. The summed E-state index contributed by atoms with van der Waals surface area (Å²) >= 11 is 0. The van der Waals surface area contributed by atoms with E-state index in [2.05, 4.69) is 9.88 Å². The molecule has 1 fully saturated rings. The number of amides is 1. The summed E-state index contributed by atoms with van der Waals surface area (Å²) in [6.07, 6.45) is 6.23. The van der Waals surface area contributed by atoms with Crippen LogP contribution in [0.25, 0.3) is 0 Å². The molecule has 1 heterocycles. The molecule has 0 unspecified atom stereocenters. The van der Waals surface area contributed by atoms with Gasteiger partial charge in [0.15, 0.2) is 0 Å². The van der Waals surface area contributed by atoms with E-state index in [1.807, 2.05) is 0 Å². The first-order valence-corrected chi connectivity index (χ1v) is 6.35. The third-order valence-corrected chi connectivity index (χ3v) is 3.43. The van der Waals surface area contributed by atoms with Crippen molar-refractivity contribution in [2.24, 2.45) is 5.73 Å². The summed E-state index contributed by atoms with van der Waals surface area (Å²) in [5.41, 5.74) is 5.60. The van der Waals surface area contributed by atoms with Crippen LogP contribution in [0.15, 0.2) is 18.3 Å². The number of hydrogen-bond acceptors (Lipinski definition) is 4. The molecule has 0 aliphatic heterocycles. The van der Waals surface area contributed by atoms with Crippen LogP contribution in [0.4, 0.5) is 5.82 Å². The molecule has 1 aliphatic rings. The summed E-state index contributed by atoms with van der Waals surface area (Å²) in [4.78, 5) is 17.4. The maximum atomic E-state index is 11.0. The largest absolute Gasteiger partial charge is 0.395 e. The topological polar surface area (TPSA) is 79.5 Å². The Kier molecular flexibility index (Phi) is 4.15. The first-order valence-electron chi connectivity index (χ1n) is 6.35. The highest BCUT2D eigenvalue weighted by Gasteiger charge is 2.23. The number of nitrogens with zero attached hydrogens (tertiary/aromatic N) is 2. The summed E-state index contributed by atoms with van der Waals surface area (Å²) in [7, 11) is 0. The molecule has 1 saturated carbocycles. The van der Waals surface area contributed by atoms with E-state index in [-0.39, 0.29) is 6.61 Å². The van der Waals surface area contributed by atoms with E-state index in [4.69, 9.17) is 10.8 Å². The van der Waals surface area contributed by atoms with Crippen molar-refractivity contribution >= 4 is 11.7 Å². The number of aromatic nitrogens is 1. The third kappa shape index (κ3) is 2.79. The lowest BCUT2D eigenvalue weighted by molar-refractivity contribution is 0.1000. The molecule has 0 bridgehead atoms. The first-order chi connectivity index (χ1) is 8.72. The number of carbonyl (C=O) groups excluding carboxylic acids is 1. The summed E-state index contributed by atoms with van der Waals surface area (Å²) < 4.78 is 0. The number of carbonyl (C=O) groups is 1. The van der Waals surface area contributed by atoms with E-state index in [9.17, 15) is 4.79 Å². The van der Waals surface area contributed by atoms with E-state index in [1.54, 1.807) is 12.1 Å². The minimum absolute atomic E-state index is 0.107. The first kappa shape index (κ1) is 12.8. The van der Waals surface area contributed by atoms with Crippen molar-refractivity contribution in [2.45, 2.75) is 31.7 Å². The molecular formula is C13H19N3O2. The molecule has 3 N–H and O–H groups in total. The molecular weight excluding hydrogens is 230 g/mol. The lowest BCUT2D eigenvalue weighted by atomic mass is 10.2. The van der Waals surface area contributed by atoms with Crippen LogP contribution in [0.5, 0.6) is 0 Å². The number of aliphatic hydroxyl groups excluding tert-OH is 1. The standard InChI is InChI=1S/C13H19N3O2/c14-13(18)10-5-6-12(15-9-10)16(7-8-17)11-3-1-2-4-11/h5-6,9,11,17H,1-4,7-8H2,(H2,14,18). The lowest BCUT2D eigenvalue weighted by Gasteiger charge is -2.29. The Hall–Kier alpha value is -1.62. The molecule has 1 aliphatic carbocycles. The van der Waals surface area contributed by atoms with E-state index in [1.165, 1.54) is 19.0 Å². The normalized spacial score (nSPS) is 15.8. The average molecular weight is 249 g/mol. The monoisotopic (exact) mass is 249 g/mol. The van der Waals surface area contributed by atoms with E-state index in [0.29, 0.717) is 18.2 Å². The van der Waals surface area contributed by atoms with Crippen molar-refractivity contribution in [3.05, 3.63) is 23.9 Å². The van der Waals surface area contributed by atoms with Gasteiger partial charge in [0.2, 0.25) is 5.91 Å². The fourth-order valence-electron chi connectivity index (χ4n) is 2.51. The molecule has 98 valence electrons. The zero-order valence-electron chi connectivity index (χ0n) is 10.4. The highest BCUT2D eigenvalue weighted by atomic mass is 16.3. The third-order valence-electron chi connectivity index (χ3n) is 3.43. The molecule has 18 heavy (non-hydrogen) atoms. The van der Waals surface area contributed by atoms with Gasteiger partial charge in [-0.15, -0.1) is 0 Å². The van der Waals surface area contributed by atoms with Crippen LogP contribution < -0.4 is 10.6 Å². The van der Waals surface area contributed by atoms with Crippen molar-refractivity contribution < 1.29 is 9.90 Å². The highest BCUT2D eigenvalue weighted by Crippen LogP contribution is 2.26. The van der Waals surface area contributed by atoms with Crippen molar-refractivity contribution in [1.29, 1.82) is 0 Å². The van der Waals surface area contributed by atoms with Crippen LogP contribution in [0, 0.1) is 0 Å². The minimum atomic E-state index is -0.469. The number of hydrogen-bond donors (Lipinski definition) is 2. The second-order valence-electron chi connectivity index (χ2n) is 4.62. The minimum Gasteiger partial charge on any atom is -0.395 e. The van der Waals surface area contributed by atoms with Gasteiger partial charge in [0.25, 0.3) is 0 Å². The van der Waals surface area contributed by atoms with Gasteiger partial charge in [-0.2, -0.15) is 0 Å². The molecule has 0 atom stereocenters. The second kappa shape index (κ2) is 5.82. The fraction of sp³-hybridized carbons (Fsp3) is 0.538. The van der Waals surface area contributed by atoms with Crippen LogP contribution in [-0.2, 0) is 0 Å². The van der Waals surface area contributed by atoms with Gasteiger partial charge >= 0.3 is 0 Å². The van der Waals surface area contributed by atoms with Gasteiger partial charge in [-0.1, -0.05) is 12.8 Å². The molecule has 0 spiro atoms. The average Bonchev–Trinajstić information content (AvgIpc) is 2.90. The van der Waals surface area contributed by atoms with Gasteiger partial charge in [-0.05, 0) is 25.0 Å². The predicted octanol–water partition coefficient (Wildman–Crippen LogP) is 0.922. The maximum Gasteiger partial charge on any atom is 0.250 e. The van der Waals surface area contributed by atoms with Crippen molar-refractivity contribution in [3.63, 3.8) is 0 Å². The number of nitrogens with two attached hydrogens (primary N) is 1. The summed E-state index contributed by atoms with van der Waals surface area (Å²) in [6.45, 7) is 0.684. The maximum absolute atomic E-state index is 11.0. The zero-order chi connectivity index (χ0) is 13.0. The molecule has 5 nitrogen and oxygen atoms in total. The van der Waals surface area contributed by atoms with Crippen LogP contribution in [0.2, 0.25) is 0 Å². The molecule has 0 aromatic carbocycles. The smallest absolute Gasteiger partial charge is 0.250 e. The number of pyridine rings is 1. The second-order valence-corrected chi connectivity index (χ2v) is 4.62. The predicted molar refractivity (Wildman–Crippen MR) is 69.4 cm³/mol. The zero-order valence-corrected chi connectivity index (χ0v) is 10.4. The molecule has 0 radical (unpaired) electrons. The summed E-state index contributed by atoms with van der Waals surface area (Å²) in [5.74, 6) is 0.338. The van der Waals surface area contributed by atoms with Crippen LogP contribution >= 0.6 is 0 Å². The molecule has 2 rings (SSSR count). The van der Waals surface area contributed by atoms with E-state index in [0.717, 1.165) is 18.7 Å². The Morgan fingerprint density at radius 1 is 1.44 bits per heavy atom. The number of rotatable bonds is 5. The van der Waals surface area contributed by atoms with Crippen molar-refractivity contribution in [2.75, 3.05) is 18.1 Å². The van der Waals surface area contributed by atoms with Gasteiger partial charge in [-0.3, -0.25) is 4.79 Å². The van der Waals surface area contributed by atoms with Crippen LogP contribution in [0.3, 0.4) is 0 Å². The molecule has 5 heteroatoms. The Labute approximate surface area is 107 Å². The van der Waals surface area contributed by atoms with Crippen molar-refractivity contribution in [3.8, 4) is 0 Å². The quantitative estimate of drug-likeness (QED) is 0.813.